The van der Waals surface area contributed by atoms with E-state index in [2.05, 4.69) is 66.4 Å². The van der Waals surface area contributed by atoms with E-state index in [1.165, 1.54) is 0 Å². The topological polar surface area (TPSA) is 23.4 Å². The maximum absolute atomic E-state index is 6.13. The van der Waals surface area contributed by atoms with E-state index in [-0.39, 0.29) is 18.3 Å². The molecule has 3 rings (SSSR count). The first-order chi connectivity index (χ1) is 9.78. The highest BCUT2D eigenvalue weighted by Gasteiger charge is 2.51. The first kappa shape index (κ1) is 14.9. The molecule has 0 spiro atoms. The summed E-state index contributed by atoms with van der Waals surface area (Å²) in [6.07, 6.45) is 4.05. The van der Waals surface area contributed by atoms with Gasteiger partial charge in [-0.3, -0.25) is 0 Å². The highest BCUT2D eigenvalue weighted by atomic mass is 79.9. The summed E-state index contributed by atoms with van der Waals surface area (Å²) in [7, 11) is -0.346. The van der Waals surface area contributed by atoms with Crippen molar-refractivity contribution in [3.63, 3.8) is 0 Å². The molecule has 0 bridgehead atoms. The molecule has 0 amide bonds. The van der Waals surface area contributed by atoms with Crippen LogP contribution in [-0.2, 0) is 9.31 Å². The average molecular weight is 348 g/mol. The normalized spacial score (nSPS) is 20.0. The molecular formula is C16H19BBrNO2. The second-order valence-electron chi connectivity index (χ2n) is 6.42. The predicted octanol–water partition coefficient (Wildman–Crippen LogP) is 3.54. The third-order valence-electron chi connectivity index (χ3n) is 4.33. The van der Waals surface area contributed by atoms with E-state index >= 15 is 0 Å². The summed E-state index contributed by atoms with van der Waals surface area (Å²) >= 11 is 3.58. The maximum atomic E-state index is 6.13. The van der Waals surface area contributed by atoms with Crippen LogP contribution in [0.4, 0.5) is 0 Å². The molecule has 1 aliphatic rings. The van der Waals surface area contributed by atoms with Gasteiger partial charge in [-0.2, -0.15) is 0 Å². The van der Waals surface area contributed by atoms with E-state index in [9.17, 15) is 0 Å². The molecule has 110 valence electrons. The van der Waals surface area contributed by atoms with Crippen LogP contribution in [0.1, 0.15) is 27.7 Å². The Hall–Kier alpha value is -1.04. The second kappa shape index (κ2) is 5.01. The van der Waals surface area contributed by atoms with Crippen LogP contribution in [0.5, 0.6) is 0 Å². The molecule has 1 saturated heterocycles. The Bertz CT molecular complexity index is 636. The van der Waals surface area contributed by atoms with Crippen LogP contribution < -0.4 is 5.46 Å². The standard InChI is InChI=1S/C16H19BBrNO2/c1-15(2)16(3,4)21-17(20-15)12-9-13(18)11-14(10-12)19-7-5-6-8-19/h5-11H,1-4H3. The summed E-state index contributed by atoms with van der Waals surface area (Å²) < 4.78 is 15.3. The monoisotopic (exact) mass is 347 g/mol. The van der Waals surface area contributed by atoms with Crippen molar-refractivity contribution in [3.05, 3.63) is 47.2 Å². The van der Waals surface area contributed by atoms with E-state index < -0.39 is 0 Å². The van der Waals surface area contributed by atoms with Gasteiger partial charge in [0.15, 0.2) is 0 Å². The van der Waals surface area contributed by atoms with Crippen LogP contribution >= 0.6 is 15.9 Å². The van der Waals surface area contributed by atoms with Crippen molar-refractivity contribution in [2.75, 3.05) is 0 Å². The lowest BCUT2D eigenvalue weighted by molar-refractivity contribution is 0.00578. The van der Waals surface area contributed by atoms with Gasteiger partial charge in [0.05, 0.1) is 11.2 Å². The van der Waals surface area contributed by atoms with E-state index in [0.29, 0.717) is 0 Å². The molecule has 0 aliphatic carbocycles. The first-order valence-electron chi connectivity index (χ1n) is 7.08. The molecule has 2 aromatic rings. The van der Waals surface area contributed by atoms with E-state index in [0.717, 1.165) is 15.6 Å². The zero-order valence-electron chi connectivity index (χ0n) is 12.8. The van der Waals surface area contributed by atoms with Gasteiger partial charge in [-0.05, 0) is 63.5 Å². The first-order valence-corrected chi connectivity index (χ1v) is 7.87. The molecule has 0 unspecified atom stereocenters. The molecule has 1 fully saturated rings. The van der Waals surface area contributed by atoms with Crippen LogP contribution in [0, 0.1) is 0 Å². The van der Waals surface area contributed by atoms with Gasteiger partial charge in [-0.15, -0.1) is 0 Å². The molecule has 0 saturated carbocycles. The van der Waals surface area contributed by atoms with Gasteiger partial charge in [-0.25, -0.2) is 0 Å². The lowest BCUT2D eigenvalue weighted by Gasteiger charge is -2.32. The summed E-state index contributed by atoms with van der Waals surface area (Å²) in [6, 6.07) is 10.3. The van der Waals surface area contributed by atoms with Crippen LogP contribution in [-0.4, -0.2) is 22.9 Å². The Labute approximate surface area is 134 Å². The third kappa shape index (κ3) is 2.70. The van der Waals surface area contributed by atoms with E-state index in [4.69, 9.17) is 9.31 Å². The van der Waals surface area contributed by atoms with Crippen LogP contribution in [0.25, 0.3) is 5.69 Å². The zero-order chi connectivity index (χ0) is 15.3. The molecular weight excluding hydrogens is 329 g/mol. The minimum Gasteiger partial charge on any atom is -0.399 e. The Morgan fingerprint density at radius 1 is 0.952 bits per heavy atom. The van der Waals surface area contributed by atoms with Crippen molar-refractivity contribution < 1.29 is 9.31 Å². The molecule has 5 heteroatoms. The van der Waals surface area contributed by atoms with Crippen LogP contribution in [0.3, 0.4) is 0 Å². The lowest BCUT2D eigenvalue weighted by atomic mass is 9.79. The Balaban J connectivity index is 1.97. The molecule has 0 N–H and O–H groups in total. The number of hydrogen-bond donors (Lipinski definition) is 0. The van der Waals surface area contributed by atoms with Gasteiger partial charge in [0.25, 0.3) is 0 Å². The highest BCUT2D eigenvalue weighted by Crippen LogP contribution is 2.36. The molecule has 3 nitrogen and oxygen atoms in total. The van der Waals surface area contributed by atoms with Crippen molar-refractivity contribution >= 4 is 28.5 Å². The van der Waals surface area contributed by atoms with Crippen molar-refractivity contribution in [2.45, 2.75) is 38.9 Å². The number of halogens is 1. The summed E-state index contributed by atoms with van der Waals surface area (Å²) in [4.78, 5) is 0. The van der Waals surface area contributed by atoms with Gasteiger partial charge in [0, 0.05) is 22.6 Å². The van der Waals surface area contributed by atoms with Gasteiger partial charge in [-0.1, -0.05) is 15.9 Å². The highest BCUT2D eigenvalue weighted by molar-refractivity contribution is 9.10. The fourth-order valence-corrected chi connectivity index (χ4v) is 2.87. The van der Waals surface area contributed by atoms with E-state index in [1.54, 1.807) is 0 Å². The van der Waals surface area contributed by atoms with E-state index in [1.807, 2.05) is 24.5 Å². The molecule has 0 radical (unpaired) electrons. The van der Waals surface area contributed by atoms with Crippen molar-refractivity contribution in [1.29, 1.82) is 0 Å². The number of rotatable bonds is 2. The van der Waals surface area contributed by atoms with Gasteiger partial charge < -0.3 is 13.9 Å². The zero-order valence-corrected chi connectivity index (χ0v) is 14.3. The summed E-state index contributed by atoms with van der Waals surface area (Å²) in [5.41, 5.74) is 1.45. The second-order valence-corrected chi connectivity index (χ2v) is 7.34. The Morgan fingerprint density at radius 2 is 1.52 bits per heavy atom. The number of aromatic nitrogens is 1. The van der Waals surface area contributed by atoms with Gasteiger partial charge in [0.2, 0.25) is 0 Å². The fraction of sp³-hybridized carbons (Fsp3) is 0.375. The quantitative estimate of drug-likeness (QED) is 0.776. The summed E-state index contributed by atoms with van der Waals surface area (Å²) in [5.74, 6) is 0. The molecule has 21 heavy (non-hydrogen) atoms. The minimum absolute atomic E-state index is 0.326. The van der Waals surface area contributed by atoms with Crippen LogP contribution in [0.2, 0.25) is 0 Å². The molecule has 1 aromatic carbocycles. The minimum atomic E-state index is -0.346. The lowest BCUT2D eigenvalue weighted by Crippen LogP contribution is -2.41. The molecule has 1 aliphatic heterocycles. The van der Waals surface area contributed by atoms with Gasteiger partial charge in [0.1, 0.15) is 0 Å². The number of nitrogens with zero attached hydrogens (tertiary/aromatic N) is 1. The fourth-order valence-electron chi connectivity index (χ4n) is 2.37. The smallest absolute Gasteiger partial charge is 0.399 e. The maximum Gasteiger partial charge on any atom is 0.494 e. The van der Waals surface area contributed by atoms with Crippen molar-refractivity contribution in [3.8, 4) is 5.69 Å². The Kier molecular flexibility index (Phi) is 3.55. The predicted molar refractivity (Wildman–Crippen MR) is 89.2 cm³/mol. The average Bonchev–Trinajstić information content (AvgIpc) is 2.96. The summed E-state index contributed by atoms with van der Waals surface area (Å²) in [6.45, 7) is 8.27. The number of hydrogen-bond acceptors (Lipinski definition) is 2. The number of benzene rings is 1. The molecule has 0 atom stereocenters. The van der Waals surface area contributed by atoms with Crippen molar-refractivity contribution in [1.82, 2.24) is 4.57 Å². The summed E-state index contributed by atoms with van der Waals surface area (Å²) in [5, 5.41) is 0. The third-order valence-corrected chi connectivity index (χ3v) is 4.79. The molecule has 2 heterocycles. The Morgan fingerprint density at radius 3 is 2.10 bits per heavy atom. The van der Waals surface area contributed by atoms with Crippen LogP contribution in [0.15, 0.2) is 47.2 Å². The largest absolute Gasteiger partial charge is 0.494 e. The SMILES string of the molecule is CC1(C)OB(c2cc(Br)cc(-n3cccc3)c2)OC1(C)C. The van der Waals surface area contributed by atoms with Gasteiger partial charge >= 0.3 is 7.12 Å². The molecule has 1 aromatic heterocycles. The van der Waals surface area contributed by atoms with Crippen molar-refractivity contribution in [2.24, 2.45) is 0 Å².